The molecule has 19 heavy (non-hydrogen) atoms. The molecule has 0 bridgehead atoms. The molecule has 2 aliphatic rings. The van der Waals surface area contributed by atoms with Gasteiger partial charge < -0.3 is 20.1 Å². The van der Waals surface area contributed by atoms with Gasteiger partial charge in [0.1, 0.15) is 0 Å². The lowest BCUT2D eigenvalue weighted by atomic mass is 10.1. The zero-order valence-corrected chi connectivity index (χ0v) is 12.4. The third-order valence-electron chi connectivity index (χ3n) is 3.59. The Morgan fingerprint density at radius 3 is 2.84 bits per heavy atom. The fraction of sp³-hybridized carbons (Fsp3) is 0.929. The van der Waals surface area contributed by atoms with Crippen molar-refractivity contribution in [3.05, 3.63) is 0 Å². The Morgan fingerprint density at radius 1 is 1.47 bits per heavy atom. The standard InChI is InChI=1S/C14H27N3O2/c1-11-8-17(6-7-18-11)13(15)16-10-14(2,3)19-9-12-4-5-12/h11-12H,4-10H2,1-3H3,(H2,15,16). The van der Waals surface area contributed by atoms with Crippen LogP contribution in [-0.4, -0.2) is 55.4 Å². The lowest BCUT2D eigenvalue weighted by molar-refractivity contribution is -0.0165. The van der Waals surface area contributed by atoms with Crippen molar-refractivity contribution >= 4 is 5.96 Å². The first-order valence-electron chi connectivity index (χ1n) is 7.27. The molecule has 0 aromatic rings. The van der Waals surface area contributed by atoms with Crippen molar-refractivity contribution in [1.82, 2.24) is 4.90 Å². The van der Waals surface area contributed by atoms with Crippen molar-refractivity contribution in [2.75, 3.05) is 32.8 Å². The van der Waals surface area contributed by atoms with Crippen LogP contribution in [0.15, 0.2) is 4.99 Å². The summed E-state index contributed by atoms with van der Waals surface area (Å²) >= 11 is 0. The van der Waals surface area contributed by atoms with Gasteiger partial charge in [-0.25, -0.2) is 0 Å². The molecule has 2 rings (SSSR count). The summed E-state index contributed by atoms with van der Waals surface area (Å²) < 4.78 is 11.4. The minimum atomic E-state index is -0.231. The van der Waals surface area contributed by atoms with Crippen molar-refractivity contribution in [2.24, 2.45) is 16.6 Å². The van der Waals surface area contributed by atoms with Crippen LogP contribution in [0.5, 0.6) is 0 Å². The van der Waals surface area contributed by atoms with Crippen LogP contribution in [0.2, 0.25) is 0 Å². The Morgan fingerprint density at radius 2 is 2.21 bits per heavy atom. The van der Waals surface area contributed by atoms with Gasteiger partial charge in [0.05, 0.1) is 31.5 Å². The predicted molar refractivity (Wildman–Crippen MR) is 76.2 cm³/mol. The summed E-state index contributed by atoms with van der Waals surface area (Å²) in [6.07, 6.45) is 2.85. The molecular weight excluding hydrogens is 242 g/mol. The maximum Gasteiger partial charge on any atom is 0.191 e. The molecule has 110 valence electrons. The van der Waals surface area contributed by atoms with E-state index in [9.17, 15) is 0 Å². The van der Waals surface area contributed by atoms with E-state index in [-0.39, 0.29) is 11.7 Å². The third-order valence-corrected chi connectivity index (χ3v) is 3.59. The summed E-state index contributed by atoms with van der Waals surface area (Å²) in [6, 6.07) is 0. The normalized spacial score (nSPS) is 25.7. The predicted octanol–water partition coefficient (Wildman–Crippen LogP) is 1.23. The largest absolute Gasteiger partial charge is 0.375 e. The van der Waals surface area contributed by atoms with Crippen molar-refractivity contribution in [3.8, 4) is 0 Å². The molecule has 1 aliphatic carbocycles. The van der Waals surface area contributed by atoms with Gasteiger partial charge in [0.2, 0.25) is 0 Å². The molecule has 5 heteroatoms. The topological polar surface area (TPSA) is 60.1 Å². The number of rotatable bonds is 5. The number of morpholine rings is 1. The lowest BCUT2D eigenvalue weighted by Crippen LogP contribution is -2.48. The first kappa shape index (κ1) is 14.6. The van der Waals surface area contributed by atoms with Gasteiger partial charge in [-0.1, -0.05) is 0 Å². The first-order chi connectivity index (χ1) is 8.96. The van der Waals surface area contributed by atoms with E-state index in [1.807, 2.05) is 0 Å². The molecule has 2 fully saturated rings. The van der Waals surface area contributed by atoms with Crippen LogP contribution in [0.25, 0.3) is 0 Å². The van der Waals surface area contributed by atoms with E-state index in [2.05, 4.69) is 30.7 Å². The van der Waals surface area contributed by atoms with Crippen molar-refractivity contribution in [1.29, 1.82) is 0 Å². The minimum Gasteiger partial charge on any atom is -0.375 e. The maximum atomic E-state index is 6.05. The number of hydrogen-bond acceptors (Lipinski definition) is 3. The summed E-state index contributed by atoms with van der Waals surface area (Å²) in [7, 11) is 0. The zero-order valence-electron chi connectivity index (χ0n) is 12.4. The molecule has 0 spiro atoms. The molecule has 0 radical (unpaired) electrons. The molecule has 1 saturated heterocycles. The Hall–Kier alpha value is -0.810. The molecule has 0 aromatic carbocycles. The average Bonchev–Trinajstić information content (AvgIpc) is 3.18. The number of ether oxygens (including phenoxy) is 2. The number of hydrogen-bond donors (Lipinski definition) is 1. The molecule has 1 aliphatic heterocycles. The highest BCUT2D eigenvalue weighted by Gasteiger charge is 2.26. The molecule has 1 heterocycles. The molecule has 1 unspecified atom stereocenters. The molecule has 1 atom stereocenters. The summed E-state index contributed by atoms with van der Waals surface area (Å²) in [5, 5.41) is 0. The van der Waals surface area contributed by atoms with Gasteiger partial charge in [0.25, 0.3) is 0 Å². The van der Waals surface area contributed by atoms with Gasteiger partial charge in [-0.3, -0.25) is 4.99 Å². The summed E-state index contributed by atoms with van der Waals surface area (Å²) in [5.74, 6) is 1.39. The number of nitrogens with zero attached hydrogens (tertiary/aromatic N) is 2. The second-order valence-electron chi connectivity index (χ2n) is 6.32. The Kier molecular flexibility index (Phi) is 4.68. The van der Waals surface area contributed by atoms with E-state index in [0.717, 1.165) is 32.2 Å². The molecule has 1 saturated carbocycles. The van der Waals surface area contributed by atoms with Crippen LogP contribution in [0.4, 0.5) is 0 Å². The van der Waals surface area contributed by atoms with Crippen LogP contribution >= 0.6 is 0 Å². The first-order valence-corrected chi connectivity index (χ1v) is 7.27. The highest BCUT2D eigenvalue weighted by molar-refractivity contribution is 5.78. The third kappa shape index (κ3) is 4.99. The average molecular weight is 269 g/mol. The zero-order chi connectivity index (χ0) is 13.9. The van der Waals surface area contributed by atoms with Crippen molar-refractivity contribution < 1.29 is 9.47 Å². The molecule has 2 N–H and O–H groups in total. The van der Waals surface area contributed by atoms with Gasteiger partial charge in [-0.2, -0.15) is 0 Å². The SMILES string of the molecule is CC1CN(C(N)=NCC(C)(C)OCC2CC2)CCO1. The second kappa shape index (κ2) is 6.09. The quantitative estimate of drug-likeness (QED) is 0.602. The van der Waals surface area contributed by atoms with E-state index in [0.29, 0.717) is 12.5 Å². The maximum absolute atomic E-state index is 6.05. The highest BCUT2D eigenvalue weighted by atomic mass is 16.5. The van der Waals surface area contributed by atoms with Crippen LogP contribution in [0.3, 0.4) is 0 Å². The van der Waals surface area contributed by atoms with E-state index >= 15 is 0 Å². The second-order valence-corrected chi connectivity index (χ2v) is 6.32. The highest BCUT2D eigenvalue weighted by Crippen LogP contribution is 2.30. The van der Waals surface area contributed by atoms with Crippen LogP contribution in [0.1, 0.15) is 33.6 Å². The fourth-order valence-electron chi connectivity index (χ4n) is 2.07. The van der Waals surface area contributed by atoms with Crippen LogP contribution in [0, 0.1) is 5.92 Å². The molecule has 0 amide bonds. The Bertz CT molecular complexity index is 327. The summed E-state index contributed by atoms with van der Waals surface area (Å²) in [4.78, 5) is 6.58. The van der Waals surface area contributed by atoms with E-state index in [1.54, 1.807) is 0 Å². The Balaban J connectivity index is 1.78. The molecular formula is C14H27N3O2. The molecule has 0 aromatic heterocycles. The lowest BCUT2D eigenvalue weighted by Gasteiger charge is -2.32. The van der Waals surface area contributed by atoms with Gasteiger partial charge in [0.15, 0.2) is 5.96 Å². The Labute approximate surface area is 116 Å². The number of guanidine groups is 1. The summed E-state index contributed by atoms with van der Waals surface area (Å²) in [5.41, 5.74) is 5.82. The monoisotopic (exact) mass is 269 g/mol. The minimum absolute atomic E-state index is 0.224. The number of aliphatic imine (C=N–C) groups is 1. The summed E-state index contributed by atoms with van der Waals surface area (Å²) in [6.45, 7) is 10.0. The van der Waals surface area contributed by atoms with E-state index in [1.165, 1.54) is 12.8 Å². The van der Waals surface area contributed by atoms with Gasteiger partial charge in [-0.05, 0) is 39.5 Å². The van der Waals surface area contributed by atoms with E-state index < -0.39 is 0 Å². The van der Waals surface area contributed by atoms with E-state index in [4.69, 9.17) is 15.2 Å². The van der Waals surface area contributed by atoms with Gasteiger partial charge in [0, 0.05) is 13.1 Å². The van der Waals surface area contributed by atoms with Crippen molar-refractivity contribution in [2.45, 2.75) is 45.3 Å². The molecule has 5 nitrogen and oxygen atoms in total. The smallest absolute Gasteiger partial charge is 0.191 e. The van der Waals surface area contributed by atoms with Crippen molar-refractivity contribution in [3.63, 3.8) is 0 Å². The van der Waals surface area contributed by atoms with Gasteiger partial charge in [-0.15, -0.1) is 0 Å². The van der Waals surface area contributed by atoms with Crippen LogP contribution < -0.4 is 5.73 Å². The fourth-order valence-corrected chi connectivity index (χ4v) is 2.07. The van der Waals surface area contributed by atoms with Gasteiger partial charge >= 0.3 is 0 Å². The van der Waals surface area contributed by atoms with Crippen LogP contribution in [-0.2, 0) is 9.47 Å². The number of nitrogens with two attached hydrogens (primary N) is 1.